The minimum absolute atomic E-state index is 0.0164. The molecule has 0 aliphatic rings. The predicted octanol–water partition coefficient (Wildman–Crippen LogP) is 2.99. The molecule has 0 aliphatic heterocycles. The number of carbonyl (C=O) groups is 2. The molecule has 0 bridgehead atoms. The van der Waals surface area contributed by atoms with Gasteiger partial charge in [-0.15, -0.1) is 0 Å². The number of nitrogens with zero attached hydrogens (tertiary/aromatic N) is 2. The molecule has 0 spiro atoms. The molecule has 3 amide bonds. The van der Waals surface area contributed by atoms with Crippen LogP contribution in [-0.4, -0.2) is 48.7 Å². The Morgan fingerprint density at radius 3 is 2.63 bits per heavy atom. The van der Waals surface area contributed by atoms with Gasteiger partial charge >= 0.3 is 6.03 Å². The zero-order chi connectivity index (χ0) is 25.2. The Kier molecular flexibility index (Phi) is 8.90. The maximum absolute atomic E-state index is 14.7. The summed E-state index contributed by atoms with van der Waals surface area (Å²) in [6, 6.07) is 10.4. The minimum Gasteiger partial charge on any atom is -0.384 e. The second-order valence-corrected chi connectivity index (χ2v) is 7.47. The van der Waals surface area contributed by atoms with E-state index in [4.69, 9.17) is 10.5 Å². The van der Waals surface area contributed by atoms with Crippen molar-refractivity contribution in [2.45, 2.75) is 13.5 Å². The highest BCUT2D eigenvalue weighted by Gasteiger charge is 2.15. The molecule has 3 aromatic rings. The highest BCUT2D eigenvalue weighted by molar-refractivity contribution is 5.99. The summed E-state index contributed by atoms with van der Waals surface area (Å²) in [5.74, 6) is -0.143. The van der Waals surface area contributed by atoms with Gasteiger partial charge in [0.05, 0.1) is 23.6 Å². The number of aromatic nitrogens is 2. The fourth-order valence-corrected chi connectivity index (χ4v) is 3.13. The summed E-state index contributed by atoms with van der Waals surface area (Å²) in [4.78, 5) is 33.1. The molecule has 35 heavy (non-hydrogen) atoms. The molecule has 6 N–H and O–H groups in total. The van der Waals surface area contributed by atoms with Gasteiger partial charge in [0.15, 0.2) is 0 Å². The van der Waals surface area contributed by atoms with Gasteiger partial charge in [-0.25, -0.2) is 19.2 Å². The third-order valence-corrected chi connectivity index (χ3v) is 4.89. The van der Waals surface area contributed by atoms with Crippen LogP contribution >= 0.6 is 0 Å². The van der Waals surface area contributed by atoms with Gasteiger partial charge in [0, 0.05) is 38.5 Å². The Labute approximate surface area is 202 Å². The van der Waals surface area contributed by atoms with E-state index in [9.17, 15) is 14.0 Å². The lowest BCUT2D eigenvalue weighted by atomic mass is 10.1. The van der Waals surface area contributed by atoms with Crippen LogP contribution in [0.2, 0.25) is 0 Å². The molecular weight excluding hydrogens is 453 g/mol. The summed E-state index contributed by atoms with van der Waals surface area (Å²) in [6.07, 6.45) is 1.55. The summed E-state index contributed by atoms with van der Waals surface area (Å²) in [5.41, 5.74) is 7.65. The molecule has 0 unspecified atom stereocenters. The van der Waals surface area contributed by atoms with Gasteiger partial charge in [-0.2, -0.15) is 0 Å². The molecule has 2 heterocycles. The van der Waals surface area contributed by atoms with Gasteiger partial charge in [0.2, 0.25) is 0 Å². The topological polar surface area (TPSA) is 143 Å². The molecule has 2 aromatic heterocycles. The van der Waals surface area contributed by atoms with Crippen LogP contribution in [-0.2, 0) is 11.3 Å². The molecule has 1 aromatic carbocycles. The standard InChI is InChI=1S/C24H28FN7O3/c1-3-27-22-17(23(33)28-10-11-35-2)6-8-19(31-22)16-5-7-20(18(25)12-16)32-24(34)30-14-15-4-9-21(26)29-13-15/h4-9,12-13H,3,10-11,14H2,1-2H3,(H2,26,29)(H,27,31)(H,28,33)(H2,30,32,34). The van der Waals surface area contributed by atoms with E-state index in [1.807, 2.05) is 6.92 Å². The average Bonchev–Trinajstić information content (AvgIpc) is 2.85. The fraction of sp³-hybridized carbons (Fsp3) is 0.250. The summed E-state index contributed by atoms with van der Waals surface area (Å²) in [5, 5.41) is 10.9. The number of pyridine rings is 2. The summed E-state index contributed by atoms with van der Waals surface area (Å²) >= 11 is 0. The van der Waals surface area contributed by atoms with Crippen molar-refractivity contribution in [2.75, 3.05) is 43.2 Å². The number of benzene rings is 1. The first-order chi connectivity index (χ1) is 16.9. The molecule has 10 nitrogen and oxygen atoms in total. The van der Waals surface area contributed by atoms with Crippen molar-refractivity contribution >= 4 is 29.3 Å². The number of amides is 3. The van der Waals surface area contributed by atoms with E-state index in [0.717, 1.165) is 5.56 Å². The van der Waals surface area contributed by atoms with E-state index in [1.165, 1.54) is 12.1 Å². The van der Waals surface area contributed by atoms with Crippen molar-refractivity contribution in [1.29, 1.82) is 0 Å². The van der Waals surface area contributed by atoms with Crippen LogP contribution in [0.25, 0.3) is 11.3 Å². The van der Waals surface area contributed by atoms with Gasteiger partial charge in [0.1, 0.15) is 17.5 Å². The van der Waals surface area contributed by atoms with E-state index in [0.29, 0.717) is 48.2 Å². The normalized spacial score (nSPS) is 10.5. The largest absolute Gasteiger partial charge is 0.384 e. The molecule has 0 atom stereocenters. The second-order valence-electron chi connectivity index (χ2n) is 7.47. The number of nitrogens with one attached hydrogen (secondary N) is 4. The number of methoxy groups -OCH3 is 1. The number of ether oxygens (including phenoxy) is 1. The third kappa shape index (κ3) is 7.11. The van der Waals surface area contributed by atoms with Crippen molar-refractivity contribution in [3.8, 4) is 11.3 Å². The lowest BCUT2D eigenvalue weighted by molar-refractivity contribution is 0.0937. The predicted molar refractivity (Wildman–Crippen MR) is 133 cm³/mol. The van der Waals surface area contributed by atoms with Crippen molar-refractivity contribution in [2.24, 2.45) is 0 Å². The van der Waals surface area contributed by atoms with Crippen LogP contribution in [0.5, 0.6) is 0 Å². The van der Waals surface area contributed by atoms with Gasteiger partial charge in [-0.05, 0) is 42.8 Å². The number of nitrogen functional groups attached to an aromatic ring is 1. The summed E-state index contributed by atoms with van der Waals surface area (Å²) in [6.45, 7) is 3.40. The van der Waals surface area contributed by atoms with E-state index >= 15 is 0 Å². The molecule has 0 saturated carbocycles. The highest BCUT2D eigenvalue weighted by Crippen LogP contribution is 2.26. The maximum atomic E-state index is 14.7. The fourth-order valence-electron chi connectivity index (χ4n) is 3.13. The summed E-state index contributed by atoms with van der Waals surface area (Å²) in [7, 11) is 1.55. The van der Waals surface area contributed by atoms with E-state index in [2.05, 4.69) is 31.2 Å². The van der Waals surface area contributed by atoms with E-state index in [1.54, 1.807) is 43.6 Å². The van der Waals surface area contributed by atoms with Gasteiger partial charge in [-0.3, -0.25) is 4.79 Å². The average molecular weight is 482 g/mol. The number of urea groups is 1. The number of halogens is 1. The van der Waals surface area contributed by atoms with Crippen molar-refractivity contribution in [1.82, 2.24) is 20.6 Å². The smallest absolute Gasteiger partial charge is 0.319 e. The number of nitrogens with two attached hydrogens (primary N) is 1. The van der Waals surface area contributed by atoms with Crippen molar-refractivity contribution < 1.29 is 18.7 Å². The first kappa shape index (κ1) is 25.4. The SMILES string of the molecule is CCNc1nc(-c2ccc(NC(=O)NCc3ccc(N)nc3)c(F)c2)ccc1C(=O)NCCOC. The Hall–Kier alpha value is -4.25. The Bertz CT molecular complexity index is 1170. The minimum atomic E-state index is -0.625. The molecule has 0 saturated heterocycles. The quantitative estimate of drug-likeness (QED) is 0.280. The lowest BCUT2D eigenvalue weighted by Gasteiger charge is -2.13. The number of hydrogen-bond donors (Lipinski definition) is 5. The zero-order valence-electron chi connectivity index (χ0n) is 19.5. The van der Waals surface area contributed by atoms with Crippen LogP contribution in [0.15, 0.2) is 48.7 Å². The Morgan fingerprint density at radius 1 is 1.11 bits per heavy atom. The van der Waals surface area contributed by atoms with Crippen LogP contribution in [0.3, 0.4) is 0 Å². The number of carbonyl (C=O) groups excluding carboxylic acids is 2. The monoisotopic (exact) mass is 481 g/mol. The molecular formula is C24H28FN7O3. The molecule has 0 aliphatic carbocycles. The first-order valence-corrected chi connectivity index (χ1v) is 11.0. The summed E-state index contributed by atoms with van der Waals surface area (Å²) < 4.78 is 19.7. The number of anilines is 3. The van der Waals surface area contributed by atoms with E-state index < -0.39 is 11.8 Å². The molecule has 184 valence electrons. The van der Waals surface area contributed by atoms with Gasteiger partial charge in [-0.1, -0.05) is 12.1 Å². The van der Waals surface area contributed by atoms with Crippen molar-refractivity contribution in [3.05, 3.63) is 65.6 Å². The maximum Gasteiger partial charge on any atom is 0.319 e. The van der Waals surface area contributed by atoms with Crippen LogP contribution in [0.1, 0.15) is 22.8 Å². The van der Waals surface area contributed by atoms with Crippen molar-refractivity contribution in [3.63, 3.8) is 0 Å². The Morgan fingerprint density at radius 2 is 1.94 bits per heavy atom. The van der Waals surface area contributed by atoms with Crippen LogP contribution in [0, 0.1) is 5.82 Å². The number of rotatable bonds is 10. The van der Waals surface area contributed by atoms with Gasteiger partial charge in [0.25, 0.3) is 5.91 Å². The highest BCUT2D eigenvalue weighted by atomic mass is 19.1. The van der Waals surface area contributed by atoms with Gasteiger partial charge < -0.3 is 31.7 Å². The molecule has 11 heteroatoms. The Balaban J connectivity index is 1.69. The third-order valence-electron chi connectivity index (χ3n) is 4.89. The van der Waals surface area contributed by atoms with E-state index in [-0.39, 0.29) is 18.1 Å². The van der Waals surface area contributed by atoms with Crippen LogP contribution < -0.4 is 27.0 Å². The second kappa shape index (κ2) is 12.3. The first-order valence-electron chi connectivity index (χ1n) is 11.0. The molecule has 0 radical (unpaired) electrons. The molecule has 0 fully saturated rings. The van der Waals surface area contributed by atoms with Crippen LogP contribution in [0.4, 0.5) is 26.5 Å². The molecule has 3 rings (SSSR count). The zero-order valence-corrected chi connectivity index (χ0v) is 19.5. The number of hydrogen-bond acceptors (Lipinski definition) is 7. The lowest BCUT2D eigenvalue weighted by Crippen LogP contribution is -2.28.